The zero-order chi connectivity index (χ0) is 21.8. The van der Waals surface area contributed by atoms with Crippen LogP contribution in [0.2, 0.25) is 0 Å². The molecule has 0 aliphatic heterocycles. The van der Waals surface area contributed by atoms with Crippen LogP contribution >= 0.6 is 23.1 Å². The summed E-state index contributed by atoms with van der Waals surface area (Å²) in [6.45, 7) is 7.73. The Hall–Kier alpha value is -1.38. The molecule has 166 valence electrons. The Bertz CT molecular complexity index is 949. The summed E-state index contributed by atoms with van der Waals surface area (Å²) in [7, 11) is 4.07. The molecule has 2 aromatic rings. The van der Waals surface area contributed by atoms with E-state index in [0.29, 0.717) is 17.6 Å². The lowest BCUT2D eigenvalue weighted by Crippen LogP contribution is -2.37. The molecule has 3 rings (SSSR count). The standard InChI is InChI=1S/C22H34N4O2S2/c1-14(2)15(3)23-18(27)13-29-22-24-20-19(16-9-6-7-10-17(16)30-20)21(28)26(22)12-8-11-25(4)5/h14-15H,6-13H2,1-5H3,(H,23,27). The monoisotopic (exact) mass is 450 g/mol. The van der Waals surface area contributed by atoms with Crippen LogP contribution in [0.5, 0.6) is 0 Å². The van der Waals surface area contributed by atoms with Gasteiger partial charge in [0.1, 0.15) is 4.83 Å². The number of aryl methyl sites for hydroxylation is 2. The Morgan fingerprint density at radius 3 is 2.70 bits per heavy atom. The zero-order valence-corrected chi connectivity index (χ0v) is 20.4. The molecule has 1 aliphatic rings. The van der Waals surface area contributed by atoms with Crippen LogP contribution in [-0.4, -0.2) is 52.8 Å². The molecular weight excluding hydrogens is 416 g/mol. The van der Waals surface area contributed by atoms with Gasteiger partial charge in [-0.15, -0.1) is 11.3 Å². The van der Waals surface area contributed by atoms with E-state index in [1.807, 2.05) is 21.0 Å². The summed E-state index contributed by atoms with van der Waals surface area (Å²) >= 11 is 3.04. The molecule has 2 heterocycles. The quantitative estimate of drug-likeness (QED) is 0.468. The SMILES string of the molecule is CC(C)C(C)NC(=O)CSc1nc2sc3c(c2c(=O)n1CCCN(C)C)CCCC3. The van der Waals surface area contributed by atoms with Crippen LogP contribution in [0.25, 0.3) is 10.2 Å². The largest absolute Gasteiger partial charge is 0.353 e. The number of rotatable bonds is 9. The lowest BCUT2D eigenvalue weighted by molar-refractivity contribution is -0.119. The molecule has 1 aliphatic carbocycles. The predicted octanol–water partition coefficient (Wildman–Crippen LogP) is 3.54. The molecule has 1 amide bonds. The van der Waals surface area contributed by atoms with Crippen molar-refractivity contribution in [3.63, 3.8) is 0 Å². The van der Waals surface area contributed by atoms with Gasteiger partial charge in [-0.25, -0.2) is 4.98 Å². The van der Waals surface area contributed by atoms with Gasteiger partial charge in [0.15, 0.2) is 5.16 Å². The maximum atomic E-state index is 13.5. The van der Waals surface area contributed by atoms with Crippen molar-refractivity contribution < 1.29 is 4.79 Å². The molecule has 0 saturated carbocycles. The first kappa shape index (κ1) is 23.3. The molecule has 0 fully saturated rings. The number of thiophene rings is 1. The van der Waals surface area contributed by atoms with Gasteiger partial charge >= 0.3 is 0 Å². The Kier molecular flexibility index (Phi) is 7.98. The highest BCUT2D eigenvalue weighted by molar-refractivity contribution is 7.99. The number of nitrogens with one attached hydrogen (secondary N) is 1. The van der Waals surface area contributed by atoms with Gasteiger partial charge in [-0.1, -0.05) is 25.6 Å². The highest BCUT2D eigenvalue weighted by Gasteiger charge is 2.22. The number of fused-ring (bicyclic) bond motifs is 3. The first-order valence-corrected chi connectivity index (χ1v) is 12.7. The van der Waals surface area contributed by atoms with Crippen LogP contribution in [0.3, 0.4) is 0 Å². The fourth-order valence-electron chi connectivity index (χ4n) is 3.66. The second kappa shape index (κ2) is 10.3. The molecule has 0 radical (unpaired) electrons. The van der Waals surface area contributed by atoms with Crippen LogP contribution in [0.4, 0.5) is 0 Å². The van der Waals surface area contributed by atoms with E-state index >= 15 is 0 Å². The lowest BCUT2D eigenvalue weighted by atomic mass is 9.97. The van der Waals surface area contributed by atoms with E-state index in [4.69, 9.17) is 4.98 Å². The van der Waals surface area contributed by atoms with E-state index in [1.54, 1.807) is 15.9 Å². The molecule has 0 spiro atoms. The number of hydrogen-bond acceptors (Lipinski definition) is 6. The normalized spacial score (nSPS) is 15.0. The van der Waals surface area contributed by atoms with Gasteiger partial charge in [0.2, 0.25) is 5.91 Å². The molecule has 1 atom stereocenters. The van der Waals surface area contributed by atoms with Crippen molar-refractivity contribution in [3.8, 4) is 0 Å². The molecule has 0 bridgehead atoms. The van der Waals surface area contributed by atoms with Crippen molar-refractivity contribution in [1.29, 1.82) is 0 Å². The van der Waals surface area contributed by atoms with Crippen LogP contribution in [0.15, 0.2) is 9.95 Å². The molecule has 1 unspecified atom stereocenters. The van der Waals surface area contributed by atoms with E-state index in [2.05, 4.69) is 24.1 Å². The summed E-state index contributed by atoms with van der Waals surface area (Å²) < 4.78 is 1.80. The fraction of sp³-hybridized carbons (Fsp3) is 0.682. The summed E-state index contributed by atoms with van der Waals surface area (Å²) in [5.41, 5.74) is 1.29. The number of hydrogen-bond donors (Lipinski definition) is 1. The summed E-state index contributed by atoms with van der Waals surface area (Å²) in [4.78, 5) is 35.0. The molecule has 6 nitrogen and oxygen atoms in total. The molecule has 30 heavy (non-hydrogen) atoms. The summed E-state index contributed by atoms with van der Waals surface area (Å²) in [5.74, 6) is 0.643. The molecule has 8 heteroatoms. The molecule has 2 aromatic heterocycles. The topological polar surface area (TPSA) is 67.2 Å². The minimum Gasteiger partial charge on any atom is -0.353 e. The molecule has 0 aromatic carbocycles. The zero-order valence-electron chi connectivity index (χ0n) is 18.8. The van der Waals surface area contributed by atoms with E-state index < -0.39 is 0 Å². The minimum absolute atomic E-state index is 0.0131. The van der Waals surface area contributed by atoms with Gasteiger partial charge in [-0.05, 0) is 71.1 Å². The van der Waals surface area contributed by atoms with Crippen molar-refractivity contribution in [3.05, 3.63) is 20.8 Å². The van der Waals surface area contributed by atoms with Crippen LogP contribution in [-0.2, 0) is 24.2 Å². The van der Waals surface area contributed by atoms with E-state index in [9.17, 15) is 9.59 Å². The van der Waals surface area contributed by atoms with Crippen molar-refractivity contribution in [2.75, 3.05) is 26.4 Å². The van der Waals surface area contributed by atoms with Gasteiger partial charge in [0, 0.05) is 17.5 Å². The summed E-state index contributed by atoms with van der Waals surface area (Å²) in [6.07, 6.45) is 5.23. The summed E-state index contributed by atoms with van der Waals surface area (Å²) in [5, 5.41) is 4.52. The third kappa shape index (κ3) is 5.45. The highest BCUT2D eigenvalue weighted by atomic mass is 32.2. The van der Waals surface area contributed by atoms with E-state index in [1.165, 1.54) is 28.6 Å². The van der Waals surface area contributed by atoms with Gasteiger partial charge in [0.05, 0.1) is 11.1 Å². The summed E-state index contributed by atoms with van der Waals surface area (Å²) in [6, 6.07) is 0.125. The highest BCUT2D eigenvalue weighted by Crippen LogP contribution is 2.34. The Labute approximate surface area is 187 Å². The van der Waals surface area contributed by atoms with Crippen molar-refractivity contribution in [1.82, 2.24) is 19.8 Å². The predicted molar refractivity (Wildman–Crippen MR) is 127 cm³/mol. The number of amides is 1. The number of aromatic nitrogens is 2. The maximum absolute atomic E-state index is 13.5. The first-order valence-electron chi connectivity index (χ1n) is 10.9. The van der Waals surface area contributed by atoms with Crippen molar-refractivity contribution in [2.45, 2.75) is 70.6 Å². The van der Waals surface area contributed by atoms with Gasteiger partial charge in [-0.3, -0.25) is 14.2 Å². The average molecular weight is 451 g/mol. The van der Waals surface area contributed by atoms with E-state index in [-0.39, 0.29) is 23.3 Å². The van der Waals surface area contributed by atoms with Gasteiger partial charge in [0.25, 0.3) is 5.56 Å². The Morgan fingerprint density at radius 2 is 2.00 bits per heavy atom. The fourth-order valence-corrected chi connectivity index (χ4v) is 5.80. The van der Waals surface area contributed by atoms with Gasteiger partial charge in [-0.2, -0.15) is 0 Å². The molecular formula is C22H34N4O2S2. The van der Waals surface area contributed by atoms with Crippen molar-refractivity contribution >= 4 is 39.2 Å². The number of nitrogens with zero attached hydrogens (tertiary/aromatic N) is 3. The maximum Gasteiger partial charge on any atom is 0.263 e. The second-order valence-electron chi connectivity index (χ2n) is 8.79. The number of carbonyl (C=O) groups is 1. The number of carbonyl (C=O) groups excluding carboxylic acids is 1. The van der Waals surface area contributed by atoms with E-state index in [0.717, 1.165) is 42.4 Å². The molecule has 1 N–H and O–H groups in total. The lowest BCUT2D eigenvalue weighted by Gasteiger charge is -2.18. The molecule has 0 saturated heterocycles. The second-order valence-corrected chi connectivity index (χ2v) is 10.8. The van der Waals surface area contributed by atoms with Crippen molar-refractivity contribution in [2.24, 2.45) is 5.92 Å². The Morgan fingerprint density at radius 1 is 1.27 bits per heavy atom. The average Bonchev–Trinajstić information content (AvgIpc) is 3.06. The van der Waals surface area contributed by atoms with Crippen LogP contribution in [0, 0.1) is 5.92 Å². The first-order chi connectivity index (χ1) is 14.3. The third-order valence-electron chi connectivity index (χ3n) is 5.75. The van der Waals surface area contributed by atoms with Gasteiger partial charge < -0.3 is 10.2 Å². The minimum atomic E-state index is -0.0131. The number of thioether (sulfide) groups is 1. The Balaban J connectivity index is 1.88. The smallest absolute Gasteiger partial charge is 0.263 e. The van der Waals surface area contributed by atoms with Crippen LogP contribution < -0.4 is 10.9 Å². The van der Waals surface area contributed by atoms with Crippen LogP contribution in [0.1, 0.15) is 50.5 Å². The third-order valence-corrected chi connectivity index (χ3v) is 7.91.